The second kappa shape index (κ2) is 6.54. The number of hydrogen-bond donors (Lipinski definition) is 1. The van der Waals surface area contributed by atoms with Crippen molar-refractivity contribution < 1.29 is 14.7 Å². The maximum Gasteiger partial charge on any atom is 0.323 e. The number of carboxylic acid groups (broad SMARTS) is 1. The number of carboxylic acids is 1. The number of hydrogen-bond acceptors (Lipinski definition) is 2. The molecular weight excluding hydrogens is 298 g/mol. The Morgan fingerprint density at radius 3 is 2.50 bits per heavy atom. The van der Waals surface area contributed by atoms with Crippen LogP contribution in [-0.2, 0) is 4.79 Å². The average molecular weight is 314 g/mol. The number of amides is 1. The van der Waals surface area contributed by atoms with Crippen molar-refractivity contribution in [1.82, 2.24) is 4.90 Å². The van der Waals surface area contributed by atoms with Crippen LogP contribution in [0.5, 0.6) is 0 Å². The van der Waals surface area contributed by atoms with Gasteiger partial charge in [0.1, 0.15) is 6.54 Å². The Morgan fingerprint density at radius 1 is 1.33 bits per heavy atom. The Labute approximate surface area is 115 Å². The van der Waals surface area contributed by atoms with Crippen molar-refractivity contribution in [2.24, 2.45) is 0 Å². The zero-order valence-corrected chi connectivity index (χ0v) is 12.0. The van der Waals surface area contributed by atoms with Crippen LogP contribution in [0, 0.1) is 6.92 Å². The van der Waals surface area contributed by atoms with Gasteiger partial charge >= 0.3 is 5.97 Å². The fourth-order valence-electron chi connectivity index (χ4n) is 1.73. The van der Waals surface area contributed by atoms with Crippen LogP contribution < -0.4 is 0 Å². The van der Waals surface area contributed by atoms with Crippen LogP contribution in [0.3, 0.4) is 0 Å². The molecule has 1 rings (SSSR count). The Kier molecular flexibility index (Phi) is 5.34. The summed E-state index contributed by atoms with van der Waals surface area (Å²) in [5, 5.41) is 8.81. The molecule has 1 amide bonds. The minimum Gasteiger partial charge on any atom is -0.480 e. The third-order valence-electron chi connectivity index (χ3n) is 2.40. The summed E-state index contributed by atoms with van der Waals surface area (Å²) >= 11 is 3.33. The van der Waals surface area contributed by atoms with E-state index >= 15 is 0 Å². The Bertz CT molecular complexity index is 439. The largest absolute Gasteiger partial charge is 0.480 e. The topological polar surface area (TPSA) is 57.6 Å². The molecule has 98 valence electrons. The van der Waals surface area contributed by atoms with E-state index in [2.05, 4.69) is 15.9 Å². The molecular formula is C13H16BrNO3. The molecule has 0 aromatic heterocycles. The first-order chi connectivity index (χ1) is 8.43. The minimum absolute atomic E-state index is 0.247. The van der Waals surface area contributed by atoms with Crippen LogP contribution in [0.15, 0.2) is 22.7 Å². The maximum atomic E-state index is 12.2. The van der Waals surface area contributed by atoms with Gasteiger partial charge in [-0.1, -0.05) is 22.9 Å². The summed E-state index contributed by atoms with van der Waals surface area (Å²) in [6.45, 7) is 3.98. The molecule has 5 heteroatoms. The van der Waals surface area contributed by atoms with Crippen molar-refractivity contribution in [3.63, 3.8) is 0 Å². The molecule has 0 bridgehead atoms. The predicted molar refractivity (Wildman–Crippen MR) is 72.7 cm³/mol. The van der Waals surface area contributed by atoms with Crippen molar-refractivity contribution >= 4 is 27.8 Å². The van der Waals surface area contributed by atoms with Crippen molar-refractivity contribution in [1.29, 1.82) is 0 Å². The fraction of sp³-hybridized carbons (Fsp3) is 0.385. The molecule has 18 heavy (non-hydrogen) atoms. The average Bonchev–Trinajstić information content (AvgIpc) is 2.25. The number of rotatable bonds is 5. The highest BCUT2D eigenvalue weighted by atomic mass is 79.9. The van der Waals surface area contributed by atoms with E-state index in [-0.39, 0.29) is 12.5 Å². The third kappa shape index (κ3) is 4.14. The summed E-state index contributed by atoms with van der Waals surface area (Å²) < 4.78 is 0.817. The van der Waals surface area contributed by atoms with Gasteiger partial charge < -0.3 is 10.0 Å². The van der Waals surface area contributed by atoms with E-state index < -0.39 is 5.97 Å². The molecule has 0 atom stereocenters. The molecule has 0 aliphatic carbocycles. The molecule has 0 heterocycles. The highest BCUT2D eigenvalue weighted by molar-refractivity contribution is 9.10. The lowest BCUT2D eigenvalue weighted by Crippen LogP contribution is -2.36. The molecule has 1 aromatic carbocycles. The molecule has 1 aromatic rings. The third-order valence-corrected chi connectivity index (χ3v) is 2.85. The van der Waals surface area contributed by atoms with Crippen LogP contribution in [-0.4, -0.2) is 35.0 Å². The van der Waals surface area contributed by atoms with Crippen LogP contribution in [0.4, 0.5) is 0 Å². The number of benzene rings is 1. The first kappa shape index (κ1) is 14.7. The Hall–Kier alpha value is -1.36. The van der Waals surface area contributed by atoms with Crippen LogP contribution in [0.2, 0.25) is 0 Å². The summed E-state index contributed by atoms with van der Waals surface area (Å²) in [4.78, 5) is 24.3. The van der Waals surface area contributed by atoms with Crippen molar-refractivity contribution in [2.45, 2.75) is 20.3 Å². The normalized spacial score (nSPS) is 10.2. The maximum absolute atomic E-state index is 12.2. The first-order valence-electron chi connectivity index (χ1n) is 5.72. The lowest BCUT2D eigenvalue weighted by Gasteiger charge is -2.20. The molecule has 0 radical (unpaired) electrons. The van der Waals surface area contributed by atoms with Crippen LogP contribution >= 0.6 is 15.9 Å². The van der Waals surface area contributed by atoms with Crippen LogP contribution in [0.25, 0.3) is 0 Å². The SMILES string of the molecule is CCCN(CC(=O)O)C(=O)c1cc(C)cc(Br)c1. The van der Waals surface area contributed by atoms with Gasteiger partial charge in [-0.05, 0) is 37.1 Å². The predicted octanol–water partition coefficient (Wildman–Crippen LogP) is 2.69. The van der Waals surface area contributed by atoms with E-state index in [9.17, 15) is 9.59 Å². The lowest BCUT2D eigenvalue weighted by molar-refractivity contribution is -0.137. The van der Waals surface area contributed by atoms with Crippen molar-refractivity contribution in [3.8, 4) is 0 Å². The van der Waals surface area contributed by atoms with Crippen LogP contribution in [0.1, 0.15) is 29.3 Å². The number of halogens is 1. The molecule has 0 fully saturated rings. The summed E-state index contributed by atoms with van der Waals surface area (Å²) in [6, 6.07) is 5.37. The van der Waals surface area contributed by atoms with E-state index in [0.717, 1.165) is 16.5 Å². The summed E-state index contributed by atoms with van der Waals surface area (Å²) in [5.74, 6) is -1.24. The zero-order valence-electron chi connectivity index (χ0n) is 10.4. The van der Waals surface area contributed by atoms with Gasteiger partial charge in [-0.25, -0.2) is 0 Å². The fourth-order valence-corrected chi connectivity index (χ4v) is 2.34. The second-order valence-electron chi connectivity index (χ2n) is 4.14. The summed E-state index contributed by atoms with van der Waals surface area (Å²) in [6.07, 6.45) is 0.728. The van der Waals surface area contributed by atoms with Gasteiger partial charge in [-0.3, -0.25) is 9.59 Å². The number of nitrogens with zero attached hydrogens (tertiary/aromatic N) is 1. The smallest absolute Gasteiger partial charge is 0.323 e. The van der Waals surface area contributed by atoms with Gasteiger partial charge in [0.25, 0.3) is 5.91 Å². The highest BCUT2D eigenvalue weighted by Crippen LogP contribution is 2.17. The van der Waals surface area contributed by atoms with Crippen molar-refractivity contribution in [2.75, 3.05) is 13.1 Å². The molecule has 1 N–H and O–H groups in total. The van der Waals surface area contributed by atoms with Gasteiger partial charge in [0.15, 0.2) is 0 Å². The number of aryl methyl sites for hydroxylation is 1. The van der Waals surface area contributed by atoms with Gasteiger partial charge in [-0.15, -0.1) is 0 Å². The standard InChI is InChI=1S/C13H16BrNO3/c1-3-4-15(8-12(16)17)13(18)10-5-9(2)6-11(14)7-10/h5-7H,3-4,8H2,1-2H3,(H,16,17). The van der Waals surface area contributed by atoms with E-state index in [1.165, 1.54) is 4.90 Å². The molecule has 4 nitrogen and oxygen atoms in total. The molecule has 0 unspecified atom stereocenters. The van der Waals surface area contributed by atoms with E-state index in [1.807, 2.05) is 19.9 Å². The quantitative estimate of drug-likeness (QED) is 0.909. The number of aliphatic carboxylic acids is 1. The molecule has 0 aliphatic heterocycles. The van der Waals surface area contributed by atoms with Gasteiger partial charge in [-0.2, -0.15) is 0 Å². The zero-order chi connectivity index (χ0) is 13.7. The Balaban J connectivity index is 2.97. The summed E-state index contributed by atoms with van der Waals surface area (Å²) in [7, 11) is 0. The summed E-state index contributed by atoms with van der Waals surface area (Å²) in [5.41, 5.74) is 1.47. The van der Waals surface area contributed by atoms with E-state index in [4.69, 9.17) is 5.11 Å². The monoisotopic (exact) mass is 313 g/mol. The Morgan fingerprint density at radius 2 is 2.00 bits per heavy atom. The van der Waals surface area contributed by atoms with E-state index in [0.29, 0.717) is 12.1 Å². The molecule has 0 aliphatic rings. The minimum atomic E-state index is -0.997. The lowest BCUT2D eigenvalue weighted by atomic mass is 10.1. The molecule has 0 saturated heterocycles. The molecule has 0 spiro atoms. The van der Waals surface area contributed by atoms with Crippen molar-refractivity contribution in [3.05, 3.63) is 33.8 Å². The van der Waals surface area contributed by atoms with Gasteiger partial charge in [0, 0.05) is 16.6 Å². The second-order valence-corrected chi connectivity index (χ2v) is 5.05. The highest BCUT2D eigenvalue weighted by Gasteiger charge is 2.18. The first-order valence-corrected chi connectivity index (χ1v) is 6.51. The van der Waals surface area contributed by atoms with Gasteiger partial charge in [0.2, 0.25) is 0 Å². The number of carbonyl (C=O) groups excluding carboxylic acids is 1. The van der Waals surface area contributed by atoms with Gasteiger partial charge in [0.05, 0.1) is 0 Å². The van der Waals surface area contributed by atoms with E-state index in [1.54, 1.807) is 12.1 Å². The number of carbonyl (C=O) groups is 2. The molecule has 0 saturated carbocycles.